The Hall–Kier alpha value is -2.82. The van der Waals surface area contributed by atoms with Crippen LogP contribution in [0.5, 0.6) is 0 Å². The molecule has 136 valence electrons. The molecule has 1 aliphatic rings. The zero-order valence-corrected chi connectivity index (χ0v) is 15.3. The number of nitrogens with one attached hydrogen (secondary N) is 1. The first-order valence-electron chi connectivity index (χ1n) is 9.04. The molecule has 3 rings (SSSR count). The average molecular weight is 351 g/mol. The van der Waals surface area contributed by atoms with Crippen LogP contribution in [-0.2, 0) is 0 Å². The Labute approximate surface area is 154 Å². The van der Waals surface area contributed by atoms with Crippen molar-refractivity contribution in [3.63, 3.8) is 0 Å². The lowest BCUT2D eigenvalue weighted by atomic mass is 10.0. The van der Waals surface area contributed by atoms with Gasteiger partial charge >= 0.3 is 0 Å². The van der Waals surface area contributed by atoms with Gasteiger partial charge in [0.1, 0.15) is 0 Å². The number of aryl methyl sites for hydroxylation is 1. The number of rotatable bonds is 3. The molecule has 26 heavy (non-hydrogen) atoms. The Morgan fingerprint density at radius 2 is 1.92 bits per heavy atom. The van der Waals surface area contributed by atoms with E-state index in [1.165, 1.54) is 6.42 Å². The van der Waals surface area contributed by atoms with Gasteiger partial charge in [-0.2, -0.15) is 0 Å². The van der Waals surface area contributed by atoms with E-state index in [1.807, 2.05) is 17.9 Å². The van der Waals surface area contributed by atoms with E-state index in [2.05, 4.69) is 12.2 Å². The van der Waals surface area contributed by atoms with E-state index in [-0.39, 0.29) is 17.9 Å². The predicted octanol–water partition coefficient (Wildman–Crippen LogP) is 3.84. The highest BCUT2D eigenvalue weighted by molar-refractivity contribution is 6.05. The maximum Gasteiger partial charge on any atom is 0.255 e. The van der Waals surface area contributed by atoms with Crippen LogP contribution in [-0.4, -0.2) is 29.3 Å². The molecule has 2 amide bonds. The second kappa shape index (κ2) is 7.60. The van der Waals surface area contributed by atoms with Crippen LogP contribution in [0.1, 0.15) is 52.5 Å². The first-order valence-corrected chi connectivity index (χ1v) is 9.04. The Kier molecular flexibility index (Phi) is 5.26. The first kappa shape index (κ1) is 18.0. The molecule has 1 heterocycles. The van der Waals surface area contributed by atoms with Gasteiger partial charge in [-0.3, -0.25) is 9.59 Å². The summed E-state index contributed by atoms with van der Waals surface area (Å²) >= 11 is 0. The SMILES string of the molecule is Cc1cc(C(=O)N2CCCCC2C)ccc1NC(=O)c1cccc(N)c1. The monoisotopic (exact) mass is 351 g/mol. The zero-order valence-electron chi connectivity index (χ0n) is 15.3. The van der Waals surface area contributed by atoms with Crippen LogP contribution < -0.4 is 11.1 Å². The van der Waals surface area contributed by atoms with Crippen LogP contribution in [0.25, 0.3) is 0 Å². The Morgan fingerprint density at radius 3 is 2.62 bits per heavy atom. The summed E-state index contributed by atoms with van der Waals surface area (Å²) in [5, 5.41) is 2.89. The molecule has 0 radical (unpaired) electrons. The average Bonchev–Trinajstić information content (AvgIpc) is 2.63. The van der Waals surface area contributed by atoms with Crippen molar-refractivity contribution in [1.82, 2.24) is 4.90 Å². The minimum atomic E-state index is -0.218. The van der Waals surface area contributed by atoms with Crippen molar-refractivity contribution in [2.24, 2.45) is 0 Å². The van der Waals surface area contributed by atoms with E-state index in [0.717, 1.165) is 24.9 Å². The standard InChI is InChI=1S/C21H25N3O2/c1-14-12-17(21(26)24-11-4-3-6-15(24)2)9-10-19(14)23-20(25)16-7-5-8-18(22)13-16/h5,7-10,12-13,15H,3-4,6,11,22H2,1-2H3,(H,23,25). The maximum atomic E-state index is 12.8. The molecule has 1 saturated heterocycles. The minimum Gasteiger partial charge on any atom is -0.399 e. The quantitative estimate of drug-likeness (QED) is 0.825. The van der Waals surface area contributed by atoms with Crippen LogP contribution in [0.15, 0.2) is 42.5 Å². The molecule has 1 fully saturated rings. The molecule has 1 aliphatic heterocycles. The number of nitrogens with two attached hydrogens (primary N) is 1. The van der Waals surface area contributed by atoms with Gasteiger partial charge in [0, 0.05) is 35.1 Å². The van der Waals surface area contributed by atoms with Crippen LogP contribution in [0, 0.1) is 6.92 Å². The highest BCUT2D eigenvalue weighted by atomic mass is 16.2. The van der Waals surface area contributed by atoms with E-state index < -0.39 is 0 Å². The number of nitrogens with zero attached hydrogens (tertiary/aromatic N) is 1. The summed E-state index contributed by atoms with van der Waals surface area (Å²) in [7, 11) is 0. The topological polar surface area (TPSA) is 75.4 Å². The van der Waals surface area contributed by atoms with E-state index >= 15 is 0 Å². The van der Waals surface area contributed by atoms with Crippen molar-refractivity contribution >= 4 is 23.2 Å². The molecular weight excluding hydrogens is 326 g/mol. The number of likely N-dealkylation sites (tertiary alicyclic amines) is 1. The van der Waals surface area contributed by atoms with Gasteiger partial charge in [0.2, 0.25) is 0 Å². The fraction of sp³-hybridized carbons (Fsp3) is 0.333. The maximum absolute atomic E-state index is 12.8. The molecule has 0 spiro atoms. The lowest BCUT2D eigenvalue weighted by molar-refractivity contribution is 0.0635. The van der Waals surface area contributed by atoms with E-state index in [1.54, 1.807) is 36.4 Å². The van der Waals surface area contributed by atoms with E-state index in [0.29, 0.717) is 22.5 Å². The van der Waals surface area contributed by atoms with Gasteiger partial charge in [-0.25, -0.2) is 0 Å². The van der Waals surface area contributed by atoms with Gasteiger partial charge in [0.25, 0.3) is 11.8 Å². The van der Waals surface area contributed by atoms with Crippen molar-refractivity contribution in [1.29, 1.82) is 0 Å². The summed E-state index contributed by atoms with van der Waals surface area (Å²) in [6, 6.07) is 12.5. The Bertz CT molecular complexity index is 832. The van der Waals surface area contributed by atoms with Crippen molar-refractivity contribution in [2.45, 2.75) is 39.2 Å². The molecular formula is C21H25N3O2. The number of benzene rings is 2. The van der Waals surface area contributed by atoms with Gasteiger partial charge in [-0.05, 0) is 75.1 Å². The van der Waals surface area contributed by atoms with Gasteiger partial charge in [-0.15, -0.1) is 0 Å². The fourth-order valence-corrected chi connectivity index (χ4v) is 3.38. The normalized spacial score (nSPS) is 17.0. The Balaban J connectivity index is 1.75. The second-order valence-corrected chi connectivity index (χ2v) is 6.95. The number of hydrogen-bond donors (Lipinski definition) is 2. The minimum absolute atomic E-state index is 0.0639. The summed E-state index contributed by atoms with van der Waals surface area (Å²) in [6.07, 6.45) is 3.29. The molecule has 1 atom stereocenters. The summed E-state index contributed by atoms with van der Waals surface area (Å²) in [4.78, 5) is 27.1. The zero-order chi connectivity index (χ0) is 18.7. The summed E-state index contributed by atoms with van der Waals surface area (Å²) in [5.41, 5.74) is 9.01. The highest BCUT2D eigenvalue weighted by Gasteiger charge is 2.24. The van der Waals surface area contributed by atoms with Crippen molar-refractivity contribution < 1.29 is 9.59 Å². The third-order valence-corrected chi connectivity index (χ3v) is 4.93. The summed E-state index contributed by atoms with van der Waals surface area (Å²) in [5.74, 6) is -0.155. The van der Waals surface area contributed by atoms with Crippen molar-refractivity contribution in [3.05, 3.63) is 59.2 Å². The molecule has 0 aromatic heterocycles. The smallest absolute Gasteiger partial charge is 0.255 e. The predicted molar refractivity (Wildman–Crippen MR) is 104 cm³/mol. The molecule has 5 nitrogen and oxygen atoms in total. The molecule has 1 unspecified atom stereocenters. The van der Waals surface area contributed by atoms with E-state index in [9.17, 15) is 9.59 Å². The molecule has 3 N–H and O–H groups in total. The number of amides is 2. The van der Waals surface area contributed by atoms with Crippen LogP contribution >= 0.6 is 0 Å². The van der Waals surface area contributed by atoms with Gasteiger partial charge in [0.05, 0.1) is 0 Å². The molecule has 0 aliphatic carbocycles. The van der Waals surface area contributed by atoms with Crippen LogP contribution in [0.3, 0.4) is 0 Å². The van der Waals surface area contributed by atoms with Crippen LogP contribution in [0.4, 0.5) is 11.4 Å². The lowest BCUT2D eigenvalue weighted by Crippen LogP contribution is -2.42. The summed E-state index contributed by atoms with van der Waals surface area (Å²) < 4.78 is 0. The van der Waals surface area contributed by atoms with Crippen LogP contribution in [0.2, 0.25) is 0 Å². The van der Waals surface area contributed by atoms with E-state index in [4.69, 9.17) is 5.73 Å². The Morgan fingerprint density at radius 1 is 1.12 bits per heavy atom. The molecule has 2 aromatic rings. The highest BCUT2D eigenvalue weighted by Crippen LogP contribution is 2.23. The fourth-order valence-electron chi connectivity index (χ4n) is 3.38. The molecule has 0 bridgehead atoms. The number of anilines is 2. The van der Waals surface area contributed by atoms with Gasteiger partial charge in [-0.1, -0.05) is 6.07 Å². The first-order chi connectivity index (χ1) is 12.5. The number of nitrogen functional groups attached to an aromatic ring is 1. The largest absolute Gasteiger partial charge is 0.399 e. The van der Waals surface area contributed by atoms with Gasteiger partial charge in [0.15, 0.2) is 0 Å². The van der Waals surface area contributed by atoms with Crippen molar-refractivity contribution in [2.75, 3.05) is 17.6 Å². The van der Waals surface area contributed by atoms with Crippen molar-refractivity contribution in [3.8, 4) is 0 Å². The second-order valence-electron chi connectivity index (χ2n) is 6.95. The summed E-state index contributed by atoms with van der Waals surface area (Å²) in [6.45, 7) is 4.81. The molecule has 0 saturated carbocycles. The number of carbonyl (C=O) groups excluding carboxylic acids is 2. The number of hydrogen-bond acceptors (Lipinski definition) is 3. The number of carbonyl (C=O) groups is 2. The third kappa shape index (κ3) is 3.87. The number of piperidine rings is 1. The molecule has 5 heteroatoms. The van der Waals surface area contributed by atoms with Gasteiger partial charge < -0.3 is 16.0 Å². The molecule has 2 aromatic carbocycles. The third-order valence-electron chi connectivity index (χ3n) is 4.93. The lowest BCUT2D eigenvalue weighted by Gasteiger charge is -2.33.